The molecule has 0 radical (unpaired) electrons. The van der Waals surface area contributed by atoms with E-state index in [1.54, 1.807) is 0 Å². The average molecular weight is 488 g/mol. The van der Waals surface area contributed by atoms with Gasteiger partial charge in [-0.25, -0.2) is 4.79 Å². The van der Waals surface area contributed by atoms with Crippen molar-refractivity contribution in [3.63, 3.8) is 0 Å². The number of rotatable bonds is 16. The first kappa shape index (κ1) is 30.2. The highest BCUT2D eigenvalue weighted by Crippen LogP contribution is 2.06. The molecule has 0 rings (SSSR count). The highest BCUT2D eigenvalue weighted by atomic mass is 16.4. The molecule has 0 spiro atoms. The summed E-state index contributed by atoms with van der Waals surface area (Å²) in [6.07, 6.45) is -1.87. The van der Waals surface area contributed by atoms with Crippen LogP contribution in [0.2, 0.25) is 0 Å². The summed E-state index contributed by atoms with van der Waals surface area (Å²) in [5.41, 5.74) is 15.7. The van der Waals surface area contributed by atoms with Gasteiger partial charge in [0, 0.05) is 12.8 Å². The number of hydrogen-bond acceptors (Lipinski definition) is 8. The molecule has 15 nitrogen and oxygen atoms in total. The van der Waals surface area contributed by atoms with E-state index in [-0.39, 0.29) is 25.7 Å². The van der Waals surface area contributed by atoms with Gasteiger partial charge in [0.25, 0.3) is 0 Å². The molecule has 0 saturated heterocycles. The quantitative estimate of drug-likeness (QED) is 0.106. The number of nitrogens with two attached hydrogens (primary N) is 3. The molecule has 0 fully saturated rings. The lowest BCUT2D eigenvalue weighted by molar-refractivity contribution is -0.144. The minimum atomic E-state index is -1.69. The number of nitrogens with one attached hydrogen (secondary N) is 3. The Kier molecular flexibility index (Phi) is 12.8. The Morgan fingerprint density at radius 2 is 1.21 bits per heavy atom. The first-order valence-electron chi connectivity index (χ1n) is 10.3. The minimum Gasteiger partial charge on any atom is -0.481 e. The molecule has 0 aliphatic rings. The molecule has 5 amide bonds. The molecule has 0 heterocycles. The molecule has 0 bridgehead atoms. The van der Waals surface area contributed by atoms with Crippen LogP contribution in [0.3, 0.4) is 0 Å². The van der Waals surface area contributed by atoms with Crippen molar-refractivity contribution in [2.75, 3.05) is 0 Å². The summed E-state index contributed by atoms with van der Waals surface area (Å²) < 4.78 is 0. The van der Waals surface area contributed by atoms with E-state index in [1.807, 2.05) is 0 Å². The third-order valence-corrected chi connectivity index (χ3v) is 4.59. The van der Waals surface area contributed by atoms with Crippen LogP contribution in [0, 0.1) is 5.92 Å². The van der Waals surface area contributed by atoms with Crippen molar-refractivity contribution < 1.29 is 43.8 Å². The van der Waals surface area contributed by atoms with Gasteiger partial charge < -0.3 is 43.4 Å². The van der Waals surface area contributed by atoms with Crippen LogP contribution in [0.5, 0.6) is 0 Å². The second-order valence-electron chi connectivity index (χ2n) is 7.91. The van der Waals surface area contributed by atoms with Crippen LogP contribution in [0.15, 0.2) is 0 Å². The van der Waals surface area contributed by atoms with Gasteiger partial charge in [0.15, 0.2) is 0 Å². The van der Waals surface area contributed by atoms with Crippen LogP contribution in [-0.4, -0.2) is 75.9 Å². The number of carbonyl (C=O) groups is 7. The number of carboxylic acids is 2. The van der Waals surface area contributed by atoms with E-state index in [9.17, 15) is 38.7 Å². The van der Waals surface area contributed by atoms with Crippen molar-refractivity contribution in [2.24, 2.45) is 23.1 Å². The molecular weight excluding hydrogens is 456 g/mol. The lowest BCUT2D eigenvalue weighted by Gasteiger charge is -2.25. The molecule has 15 heteroatoms. The standard InChI is InChI=1S/C19H32N6O9/c1-8(2)15(19(33)34)25-18(32)11(7-14(28)29)24-17(31)10(4-6-13(22)27)23-16(30)9(20)3-5-12(21)26/h8-11,15H,3-7,20H2,1-2H3,(H2,21,26)(H2,22,27)(H,23,30)(H,24,31)(H,25,32)(H,28,29)(H,33,34). The third-order valence-electron chi connectivity index (χ3n) is 4.59. The molecule has 34 heavy (non-hydrogen) atoms. The van der Waals surface area contributed by atoms with E-state index in [0.29, 0.717) is 0 Å². The van der Waals surface area contributed by atoms with E-state index in [0.717, 1.165) is 0 Å². The highest BCUT2D eigenvalue weighted by Gasteiger charge is 2.32. The van der Waals surface area contributed by atoms with E-state index in [2.05, 4.69) is 16.0 Å². The van der Waals surface area contributed by atoms with E-state index in [4.69, 9.17) is 22.3 Å². The van der Waals surface area contributed by atoms with Gasteiger partial charge in [0.2, 0.25) is 29.5 Å². The van der Waals surface area contributed by atoms with Gasteiger partial charge in [-0.2, -0.15) is 0 Å². The van der Waals surface area contributed by atoms with Gasteiger partial charge in [-0.3, -0.25) is 28.8 Å². The van der Waals surface area contributed by atoms with Gasteiger partial charge in [-0.05, 0) is 18.8 Å². The normalized spacial score (nSPS) is 14.2. The Morgan fingerprint density at radius 1 is 0.735 bits per heavy atom. The Morgan fingerprint density at radius 3 is 1.65 bits per heavy atom. The second-order valence-corrected chi connectivity index (χ2v) is 7.91. The fraction of sp³-hybridized carbons (Fsp3) is 0.632. The summed E-state index contributed by atoms with van der Waals surface area (Å²) >= 11 is 0. The second kappa shape index (κ2) is 14.4. The maximum Gasteiger partial charge on any atom is 0.326 e. The molecule has 0 aromatic carbocycles. The summed E-state index contributed by atoms with van der Waals surface area (Å²) in [7, 11) is 0. The maximum atomic E-state index is 12.7. The summed E-state index contributed by atoms with van der Waals surface area (Å²) in [5.74, 6) is -7.85. The molecular formula is C19H32N6O9. The summed E-state index contributed by atoms with van der Waals surface area (Å²) in [4.78, 5) is 82.1. The fourth-order valence-corrected chi connectivity index (χ4v) is 2.69. The molecule has 0 aliphatic heterocycles. The van der Waals surface area contributed by atoms with Crippen LogP contribution < -0.4 is 33.2 Å². The number of hydrogen-bond donors (Lipinski definition) is 8. The predicted octanol–water partition coefficient (Wildman–Crippen LogP) is -3.49. The topological polar surface area (TPSA) is 274 Å². The van der Waals surface area contributed by atoms with Crippen LogP contribution in [-0.2, 0) is 33.6 Å². The van der Waals surface area contributed by atoms with Crippen molar-refractivity contribution in [1.29, 1.82) is 0 Å². The van der Waals surface area contributed by atoms with Crippen LogP contribution in [0.25, 0.3) is 0 Å². The number of carboxylic acid groups (broad SMARTS) is 2. The van der Waals surface area contributed by atoms with Crippen molar-refractivity contribution in [3.05, 3.63) is 0 Å². The number of aliphatic carboxylic acids is 2. The van der Waals surface area contributed by atoms with Crippen molar-refractivity contribution in [2.45, 2.75) is 70.1 Å². The molecule has 0 aromatic heterocycles. The Bertz CT molecular complexity index is 801. The van der Waals surface area contributed by atoms with E-state index < -0.39 is 78.0 Å². The van der Waals surface area contributed by atoms with Gasteiger partial charge in [0.1, 0.15) is 18.1 Å². The number of carbonyl (C=O) groups excluding carboxylic acids is 5. The van der Waals surface area contributed by atoms with Crippen LogP contribution in [0.4, 0.5) is 0 Å². The minimum absolute atomic E-state index is 0.124. The highest BCUT2D eigenvalue weighted by molar-refractivity contribution is 5.95. The van der Waals surface area contributed by atoms with E-state index in [1.165, 1.54) is 13.8 Å². The summed E-state index contributed by atoms with van der Waals surface area (Å²) in [6, 6.07) is -5.71. The zero-order chi connectivity index (χ0) is 26.6. The first-order valence-corrected chi connectivity index (χ1v) is 10.3. The molecule has 0 aliphatic carbocycles. The van der Waals surface area contributed by atoms with Gasteiger partial charge in [0.05, 0.1) is 12.5 Å². The molecule has 192 valence electrons. The monoisotopic (exact) mass is 488 g/mol. The first-order chi connectivity index (χ1) is 15.6. The summed E-state index contributed by atoms with van der Waals surface area (Å²) in [5, 5.41) is 24.9. The van der Waals surface area contributed by atoms with E-state index >= 15 is 0 Å². The smallest absolute Gasteiger partial charge is 0.326 e. The SMILES string of the molecule is CC(C)C(NC(=O)C(CC(=O)O)NC(=O)C(CCC(N)=O)NC(=O)C(N)CCC(N)=O)C(=O)O. The van der Waals surface area contributed by atoms with Crippen LogP contribution >= 0.6 is 0 Å². The largest absolute Gasteiger partial charge is 0.481 e. The zero-order valence-corrected chi connectivity index (χ0v) is 18.9. The zero-order valence-electron chi connectivity index (χ0n) is 18.9. The van der Waals surface area contributed by atoms with Gasteiger partial charge >= 0.3 is 11.9 Å². The molecule has 0 aromatic rings. The Hall–Kier alpha value is -3.75. The van der Waals surface area contributed by atoms with Gasteiger partial charge in [-0.15, -0.1) is 0 Å². The lowest BCUT2D eigenvalue weighted by Crippen LogP contribution is -2.58. The predicted molar refractivity (Wildman–Crippen MR) is 115 cm³/mol. The summed E-state index contributed by atoms with van der Waals surface area (Å²) in [6.45, 7) is 3.03. The Balaban J connectivity index is 5.56. The average Bonchev–Trinajstić information content (AvgIpc) is 2.70. The van der Waals surface area contributed by atoms with Gasteiger partial charge in [-0.1, -0.05) is 13.8 Å². The molecule has 0 saturated carbocycles. The fourth-order valence-electron chi connectivity index (χ4n) is 2.69. The van der Waals surface area contributed by atoms with Crippen LogP contribution in [0.1, 0.15) is 46.0 Å². The lowest BCUT2D eigenvalue weighted by atomic mass is 10.0. The Labute approximate surface area is 195 Å². The van der Waals surface area contributed by atoms with Crippen molar-refractivity contribution in [1.82, 2.24) is 16.0 Å². The molecule has 4 atom stereocenters. The maximum absolute atomic E-state index is 12.7. The number of primary amides is 2. The van der Waals surface area contributed by atoms with Crippen molar-refractivity contribution in [3.8, 4) is 0 Å². The van der Waals surface area contributed by atoms with Crippen molar-refractivity contribution >= 4 is 41.5 Å². The molecule has 4 unspecified atom stereocenters. The molecule has 11 N–H and O–H groups in total. The number of amides is 5. The third kappa shape index (κ3) is 11.8.